The maximum Gasteiger partial charge on any atom is 0.513 e. The van der Waals surface area contributed by atoms with Crippen molar-refractivity contribution in [3.63, 3.8) is 0 Å². The van der Waals surface area contributed by atoms with E-state index in [9.17, 15) is 14.4 Å². The molecule has 190 valence electrons. The summed E-state index contributed by atoms with van der Waals surface area (Å²) in [4.78, 5) is 35.5. The van der Waals surface area contributed by atoms with E-state index in [4.69, 9.17) is 14.2 Å². The molecule has 2 aromatic rings. The molecule has 2 amide bonds. The molecule has 35 heavy (non-hydrogen) atoms. The Labute approximate surface area is 207 Å². The van der Waals surface area contributed by atoms with Crippen molar-refractivity contribution in [2.45, 2.75) is 52.4 Å². The van der Waals surface area contributed by atoms with Crippen LogP contribution in [0.1, 0.15) is 62.9 Å². The number of ether oxygens (including phenoxy) is 3. The zero-order valence-corrected chi connectivity index (χ0v) is 21.0. The summed E-state index contributed by atoms with van der Waals surface area (Å²) in [5, 5.41) is 5.64. The summed E-state index contributed by atoms with van der Waals surface area (Å²) >= 11 is 0. The molecular weight excluding hydrogens is 448 g/mol. The monoisotopic (exact) mass is 484 g/mol. The Morgan fingerprint density at radius 1 is 0.829 bits per heavy atom. The molecule has 0 heterocycles. The molecule has 0 radical (unpaired) electrons. The van der Waals surface area contributed by atoms with Gasteiger partial charge in [0.2, 0.25) is 5.91 Å². The largest absolute Gasteiger partial charge is 0.513 e. The van der Waals surface area contributed by atoms with Crippen molar-refractivity contribution in [3.8, 4) is 11.5 Å². The van der Waals surface area contributed by atoms with E-state index >= 15 is 0 Å². The van der Waals surface area contributed by atoms with Crippen LogP contribution in [0.15, 0.2) is 48.5 Å². The van der Waals surface area contributed by atoms with Crippen molar-refractivity contribution >= 4 is 18.0 Å². The highest BCUT2D eigenvalue weighted by Gasteiger charge is 2.13. The third kappa shape index (κ3) is 10.5. The lowest BCUT2D eigenvalue weighted by molar-refractivity contribution is -0.121. The van der Waals surface area contributed by atoms with Gasteiger partial charge in [-0.25, -0.2) is 4.79 Å². The number of benzene rings is 2. The normalized spacial score (nSPS) is 10.9. The number of hydrogen-bond donors (Lipinski definition) is 2. The van der Waals surface area contributed by atoms with Crippen LogP contribution in [0.2, 0.25) is 0 Å². The van der Waals surface area contributed by atoms with Gasteiger partial charge < -0.3 is 24.8 Å². The molecule has 8 nitrogen and oxygen atoms in total. The Morgan fingerprint density at radius 3 is 2.09 bits per heavy atom. The fourth-order valence-electron chi connectivity index (χ4n) is 3.10. The van der Waals surface area contributed by atoms with Crippen LogP contribution in [0.4, 0.5) is 4.79 Å². The van der Waals surface area contributed by atoms with E-state index in [1.165, 1.54) is 17.7 Å². The quantitative estimate of drug-likeness (QED) is 0.259. The number of amides is 2. The molecule has 0 saturated heterocycles. The standard InChI is InChI=1S/C27H36N2O6/c1-5-33-26(32)35-23-13-9-20(10-14-23)25(31)29-18-7-17-28-24(30)8-6-19-34-22-15-11-21(12-16-22)27(2,3)4/h9-16H,5-8,17-19H2,1-4H3,(H,28,30)(H,29,31). The lowest BCUT2D eigenvalue weighted by Gasteiger charge is -2.19. The molecular formula is C27H36N2O6. The Bertz CT molecular complexity index is 949. The van der Waals surface area contributed by atoms with E-state index in [-0.39, 0.29) is 23.8 Å². The number of rotatable bonds is 12. The van der Waals surface area contributed by atoms with Gasteiger partial charge in [0.05, 0.1) is 13.2 Å². The second kappa shape index (κ2) is 14.0. The summed E-state index contributed by atoms with van der Waals surface area (Å²) in [5.41, 5.74) is 1.80. The highest BCUT2D eigenvalue weighted by Crippen LogP contribution is 2.24. The van der Waals surface area contributed by atoms with E-state index < -0.39 is 6.16 Å². The SMILES string of the molecule is CCOC(=O)Oc1ccc(C(=O)NCCCNC(=O)CCCOc2ccc(C(C)(C)C)cc2)cc1. The maximum atomic E-state index is 12.2. The minimum absolute atomic E-state index is 0.0415. The summed E-state index contributed by atoms with van der Waals surface area (Å²) in [7, 11) is 0. The van der Waals surface area contributed by atoms with Crippen molar-refractivity contribution in [3.05, 3.63) is 59.7 Å². The van der Waals surface area contributed by atoms with Gasteiger partial charge in [0.15, 0.2) is 0 Å². The van der Waals surface area contributed by atoms with Crippen LogP contribution in [-0.4, -0.2) is 44.3 Å². The average molecular weight is 485 g/mol. The fraction of sp³-hybridized carbons (Fsp3) is 0.444. The second-order valence-corrected chi connectivity index (χ2v) is 9.00. The molecule has 0 aliphatic rings. The maximum absolute atomic E-state index is 12.2. The molecule has 0 aliphatic heterocycles. The Hall–Kier alpha value is -3.55. The van der Waals surface area contributed by atoms with Crippen LogP contribution >= 0.6 is 0 Å². The summed E-state index contributed by atoms with van der Waals surface area (Å²) in [6.07, 6.45) is 0.828. The fourth-order valence-corrected chi connectivity index (χ4v) is 3.10. The number of carbonyl (C=O) groups is 3. The first-order valence-corrected chi connectivity index (χ1v) is 11.9. The van der Waals surface area contributed by atoms with Crippen LogP contribution in [0.25, 0.3) is 0 Å². The first kappa shape index (κ1) is 27.7. The molecule has 2 N–H and O–H groups in total. The summed E-state index contributed by atoms with van der Waals surface area (Å²) in [6, 6.07) is 14.2. The third-order valence-corrected chi connectivity index (χ3v) is 5.08. The first-order chi connectivity index (χ1) is 16.7. The Balaban J connectivity index is 1.55. The summed E-state index contributed by atoms with van der Waals surface area (Å²) in [5.74, 6) is 0.814. The summed E-state index contributed by atoms with van der Waals surface area (Å²) in [6.45, 7) is 9.78. The minimum atomic E-state index is -0.787. The Kier molecular flexibility index (Phi) is 11.1. The van der Waals surface area contributed by atoms with E-state index in [0.717, 1.165) is 5.75 Å². The van der Waals surface area contributed by atoms with Crippen molar-refractivity contribution in [1.82, 2.24) is 10.6 Å². The second-order valence-electron chi connectivity index (χ2n) is 9.00. The predicted molar refractivity (Wildman–Crippen MR) is 134 cm³/mol. The minimum Gasteiger partial charge on any atom is -0.494 e. The van der Waals surface area contributed by atoms with E-state index in [1.807, 2.05) is 12.1 Å². The number of carbonyl (C=O) groups excluding carboxylic acids is 3. The van der Waals surface area contributed by atoms with E-state index in [1.54, 1.807) is 19.1 Å². The molecule has 2 aromatic carbocycles. The molecule has 8 heteroatoms. The third-order valence-electron chi connectivity index (χ3n) is 5.08. The Morgan fingerprint density at radius 2 is 1.46 bits per heavy atom. The van der Waals surface area contributed by atoms with Crippen molar-refractivity contribution in [2.24, 2.45) is 0 Å². The molecule has 0 unspecified atom stereocenters. The van der Waals surface area contributed by atoms with Crippen LogP contribution < -0.4 is 20.1 Å². The van der Waals surface area contributed by atoms with E-state index in [2.05, 4.69) is 43.5 Å². The predicted octanol–water partition coefficient (Wildman–Crippen LogP) is 4.61. The first-order valence-electron chi connectivity index (χ1n) is 11.9. The van der Waals surface area contributed by atoms with Crippen molar-refractivity contribution in [2.75, 3.05) is 26.3 Å². The van der Waals surface area contributed by atoms with Gasteiger partial charge >= 0.3 is 6.16 Å². The number of hydrogen-bond acceptors (Lipinski definition) is 6. The molecule has 0 aromatic heterocycles. The number of nitrogens with one attached hydrogen (secondary N) is 2. The van der Waals surface area contributed by atoms with Crippen LogP contribution in [0.3, 0.4) is 0 Å². The molecule has 0 atom stereocenters. The summed E-state index contributed by atoms with van der Waals surface area (Å²) < 4.78 is 15.4. The van der Waals surface area contributed by atoms with E-state index in [0.29, 0.717) is 50.3 Å². The molecule has 0 bridgehead atoms. The van der Waals surface area contributed by atoms with Gasteiger partial charge in [0.1, 0.15) is 11.5 Å². The van der Waals surface area contributed by atoms with Gasteiger partial charge in [-0.1, -0.05) is 32.9 Å². The van der Waals surface area contributed by atoms with Crippen LogP contribution in [0.5, 0.6) is 11.5 Å². The topological polar surface area (TPSA) is 103 Å². The van der Waals surface area contributed by atoms with Crippen molar-refractivity contribution < 1.29 is 28.6 Å². The lowest BCUT2D eigenvalue weighted by atomic mass is 9.87. The molecule has 0 spiro atoms. The van der Waals surface area contributed by atoms with Crippen molar-refractivity contribution in [1.29, 1.82) is 0 Å². The average Bonchev–Trinajstić information content (AvgIpc) is 2.82. The smallest absolute Gasteiger partial charge is 0.494 e. The zero-order chi connectivity index (χ0) is 25.7. The van der Waals surface area contributed by atoms with Gasteiger partial charge in [-0.05, 0) is 67.1 Å². The van der Waals surface area contributed by atoms with Gasteiger partial charge in [0.25, 0.3) is 5.91 Å². The molecule has 0 fully saturated rings. The highest BCUT2D eigenvalue weighted by atomic mass is 16.7. The zero-order valence-electron chi connectivity index (χ0n) is 21.0. The van der Waals surface area contributed by atoms with Gasteiger partial charge in [-0.2, -0.15) is 0 Å². The van der Waals surface area contributed by atoms with Gasteiger partial charge in [-0.15, -0.1) is 0 Å². The molecule has 0 aliphatic carbocycles. The highest BCUT2D eigenvalue weighted by molar-refractivity contribution is 5.94. The van der Waals surface area contributed by atoms with Crippen LogP contribution in [0, 0.1) is 0 Å². The molecule has 0 saturated carbocycles. The van der Waals surface area contributed by atoms with Crippen LogP contribution in [-0.2, 0) is 14.9 Å². The molecule has 2 rings (SSSR count). The lowest BCUT2D eigenvalue weighted by Crippen LogP contribution is -2.29. The van der Waals surface area contributed by atoms with Gasteiger partial charge in [-0.3, -0.25) is 9.59 Å². The van der Waals surface area contributed by atoms with Gasteiger partial charge in [0, 0.05) is 25.1 Å².